The average Bonchev–Trinajstić information content (AvgIpc) is 2.06. The van der Waals surface area contributed by atoms with Crippen LogP contribution in [0.2, 0.25) is 0 Å². The number of ether oxygens (including phenoxy) is 2. The summed E-state index contributed by atoms with van der Waals surface area (Å²) in [7, 11) is 0. The van der Waals surface area contributed by atoms with Crippen LogP contribution in [0, 0.1) is 0 Å². The molecule has 74 valence electrons. The van der Waals surface area contributed by atoms with Crippen molar-refractivity contribution in [1.82, 2.24) is 0 Å². The highest BCUT2D eigenvalue weighted by atomic mass is 19.1. The molecular formula is C7H13F3O2. The zero-order chi connectivity index (χ0) is 9.23. The lowest BCUT2D eigenvalue weighted by molar-refractivity contribution is 0.0152. The van der Waals surface area contributed by atoms with Crippen LogP contribution in [-0.2, 0) is 9.47 Å². The molecule has 0 fully saturated rings. The fourth-order valence-corrected chi connectivity index (χ4v) is 0.580. The molecule has 0 aliphatic rings. The Balaban J connectivity index is 3.04. The highest BCUT2D eigenvalue weighted by Gasteiger charge is 2.05. The molecule has 0 atom stereocenters. The topological polar surface area (TPSA) is 18.5 Å². The van der Waals surface area contributed by atoms with Crippen molar-refractivity contribution in [3.05, 3.63) is 0 Å². The molecule has 5 heteroatoms. The van der Waals surface area contributed by atoms with E-state index >= 15 is 0 Å². The minimum absolute atomic E-state index is 0.108. The van der Waals surface area contributed by atoms with Crippen molar-refractivity contribution in [3.63, 3.8) is 0 Å². The van der Waals surface area contributed by atoms with Gasteiger partial charge in [-0.1, -0.05) is 0 Å². The first-order valence-electron chi connectivity index (χ1n) is 3.72. The number of alkyl halides is 3. The van der Waals surface area contributed by atoms with Crippen LogP contribution < -0.4 is 0 Å². The molecule has 0 unspecified atom stereocenters. The SMILES string of the molecule is FCCOCC(F)COCCF. The highest BCUT2D eigenvalue weighted by Crippen LogP contribution is 1.93. The summed E-state index contributed by atoms with van der Waals surface area (Å²) < 4.78 is 44.5. The molecule has 0 aliphatic heterocycles. The summed E-state index contributed by atoms with van der Waals surface area (Å²) >= 11 is 0. The minimum atomic E-state index is -1.30. The van der Waals surface area contributed by atoms with E-state index in [-0.39, 0.29) is 26.4 Å². The number of hydrogen-bond donors (Lipinski definition) is 0. The van der Waals surface area contributed by atoms with Gasteiger partial charge in [-0.3, -0.25) is 0 Å². The van der Waals surface area contributed by atoms with Gasteiger partial charge >= 0.3 is 0 Å². The van der Waals surface area contributed by atoms with Crippen LogP contribution in [0.4, 0.5) is 13.2 Å². The van der Waals surface area contributed by atoms with Gasteiger partial charge in [0, 0.05) is 0 Å². The van der Waals surface area contributed by atoms with Crippen LogP contribution in [0.5, 0.6) is 0 Å². The second kappa shape index (κ2) is 8.80. The Labute approximate surface area is 69.7 Å². The summed E-state index contributed by atoms with van der Waals surface area (Å²) in [5.74, 6) is 0. The molecule has 0 radical (unpaired) electrons. The van der Waals surface area contributed by atoms with E-state index in [4.69, 9.17) is 0 Å². The maximum Gasteiger partial charge on any atom is 0.147 e. The van der Waals surface area contributed by atoms with E-state index in [2.05, 4.69) is 9.47 Å². The average molecular weight is 186 g/mol. The van der Waals surface area contributed by atoms with Gasteiger partial charge in [-0.25, -0.2) is 13.2 Å². The lowest BCUT2D eigenvalue weighted by Crippen LogP contribution is -2.18. The Morgan fingerprint density at radius 2 is 1.33 bits per heavy atom. The second-order valence-corrected chi connectivity index (χ2v) is 2.13. The van der Waals surface area contributed by atoms with Crippen molar-refractivity contribution >= 4 is 0 Å². The first kappa shape index (κ1) is 11.7. The molecule has 0 heterocycles. The number of rotatable bonds is 8. The van der Waals surface area contributed by atoms with E-state index in [0.717, 1.165) is 0 Å². The van der Waals surface area contributed by atoms with Crippen LogP contribution >= 0.6 is 0 Å². The van der Waals surface area contributed by atoms with Gasteiger partial charge in [0.2, 0.25) is 0 Å². The van der Waals surface area contributed by atoms with Gasteiger partial charge in [0.25, 0.3) is 0 Å². The Morgan fingerprint density at radius 3 is 1.67 bits per heavy atom. The van der Waals surface area contributed by atoms with Crippen LogP contribution in [0.15, 0.2) is 0 Å². The quantitative estimate of drug-likeness (QED) is 0.532. The molecule has 0 aromatic carbocycles. The van der Waals surface area contributed by atoms with Crippen molar-refractivity contribution in [2.45, 2.75) is 6.17 Å². The number of halogens is 3. The monoisotopic (exact) mass is 186 g/mol. The molecular weight excluding hydrogens is 173 g/mol. The molecule has 0 bridgehead atoms. The molecule has 2 nitrogen and oxygen atoms in total. The Kier molecular flexibility index (Phi) is 8.59. The first-order valence-corrected chi connectivity index (χ1v) is 3.72. The molecule has 0 aromatic rings. The van der Waals surface area contributed by atoms with Gasteiger partial charge in [0.05, 0.1) is 26.4 Å². The first-order chi connectivity index (χ1) is 5.81. The molecule has 0 spiro atoms. The predicted molar refractivity (Wildman–Crippen MR) is 38.5 cm³/mol. The Bertz CT molecular complexity index is 82.7. The van der Waals surface area contributed by atoms with Gasteiger partial charge < -0.3 is 9.47 Å². The minimum Gasteiger partial charge on any atom is -0.376 e. The van der Waals surface area contributed by atoms with E-state index in [1.165, 1.54) is 0 Å². The largest absolute Gasteiger partial charge is 0.376 e. The lowest BCUT2D eigenvalue weighted by atomic mass is 10.4. The van der Waals surface area contributed by atoms with Gasteiger partial charge in [0.1, 0.15) is 19.5 Å². The van der Waals surface area contributed by atoms with Gasteiger partial charge in [-0.2, -0.15) is 0 Å². The molecule has 0 saturated heterocycles. The van der Waals surface area contributed by atoms with E-state index in [1.807, 2.05) is 0 Å². The maximum absolute atomic E-state index is 12.6. The van der Waals surface area contributed by atoms with Crippen LogP contribution in [0.25, 0.3) is 0 Å². The second-order valence-electron chi connectivity index (χ2n) is 2.13. The summed E-state index contributed by atoms with van der Waals surface area (Å²) in [6.45, 7) is -1.87. The summed E-state index contributed by atoms with van der Waals surface area (Å²) in [5.41, 5.74) is 0. The van der Waals surface area contributed by atoms with E-state index in [1.54, 1.807) is 0 Å². The summed E-state index contributed by atoms with van der Waals surface area (Å²) in [4.78, 5) is 0. The fraction of sp³-hybridized carbons (Fsp3) is 1.00. The smallest absolute Gasteiger partial charge is 0.147 e. The lowest BCUT2D eigenvalue weighted by Gasteiger charge is -2.07. The van der Waals surface area contributed by atoms with Crippen molar-refractivity contribution < 1.29 is 22.6 Å². The maximum atomic E-state index is 12.6. The molecule has 0 aliphatic carbocycles. The highest BCUT2D eigenvalue weighted by molar-refractivity contribution is 4.51. The van der Waals surface area contributed by atoms with E-state index in [9.17, 15) is 13.2 Å². The summed E-state index contributed by atoms with van der Waals surface area (Å²) in [6, 6.07) is 0. The van der Waals surface area contributed by atoms with Crippen molar-refractivity contribution in [3.8, 4) is 0 Å². The third kappa shape index (κ3) is 7.81. The Hall–Kier alpha value is -0.290. The standard InChI is InChI=1S/C7H13F3O2/c8-1-3-11-5-7(10)6-12-4-2-9/h7H,1-6H2. The van der Waals surface area contributed by atoms with Gasteiger partial charge in [-0.15, -0.1) is 0 Å². The van der Waals surface area contributed by atoms with Crippen molar-refractivity contribution in [2.75, 3.05) is 39.8 Å². The molecule has 0 amide bonds. The van der Waals surface area contributed by atoms with Crippen LogP contribution in [0.1, 0.15) is 0 Å². The van der Waals surface area contributed by atoms with Crippen molar-refractivity contribution in [2.24, 2.45) is 0 Å². The zero-order valence-electron chi connectivity index (χ0n) is 6.77. The molecule has 0 saturated carbocycles. The Morgan fingerprint density at radius 1 is 0.917 bits per heavy atom. The summed E-state index contributed by atoms with van der Waals surface area (Å²) in [5, 5.41) is 0. The van der Waals surface area contributed by atoms with E-state index < -0.39 is 19.5 Å². The zero-order valence-corrected chi connectivity index (χ0v) is 6.77. The van der Waals surface area contributed by atoms with Crippen molar-refractivity contribution in [1.29, 1.82) is 0 Å². The van der Waals surface area contributed by atoms with Crippen LogP contribution in [-0.4, -0.2) is 45.9 Å². The molecule has 0 aromatic heterocycles. The molecule has 12 heavy (non-hydrogen) atoms. The fourth-order valence-electron chi connectivity index (χ4n) is 0.580. The molecule has 0 N–H and O–H groups in total. The predicted octanol–water partition coefficient (Wildman–Crippen LogP) is 1.30. The van der Waals surface area contributed by atoms with Gasteiger partial charge in [-0.05, 0) is 0 Å². The normalized spacial score (nSPS) is 11.0. The van der Waals surface area contributed by atoms with E-state index in [0.29, 0.717) is 0 Å². The molecule has 0 rings (SSSR count). The van der Waals surface area contributed by atoms with Crippen LogP contribution in [0.3, 0.4) is 0 Å². The number of hydrogen-bond acceptors (Lipinski definition) is 2. The third-order valence-electron chi connectivity index (χ3n) is 1.04. The summed E-state index contributed by atoms with van der Waals surface area (Å²) in [6.07, 6.45) is -1.30. The third-order valence-corrected chi connectivity index (χ3v) is 1.04. The van der Waals surface area contributed by atoms with Gasteiger partial charge in [0.15, 0.2) is 0 Å².